The van der Waals surface area contributed by atoms with Gasteiger partial charge in [-0.2, -0.15) is 0 Å². The van der Waals surface area contributed by atoms with Gasteiger partial charge in [0.2, 0.25) is 5.91 Å². The molecule has 1 N–H and O–H groups in total. The van der Waals surface area contributed by atoms with Gasteiger partial charge in [0.05, 0.1) is 15.4 Å². The van der Waals surface area contributed by atoms with E-state index in [0.717, 1.165) is 16.6 Å². The van der Waals surface area contributed by atoms with E-state index in [9.17, 15) is 13.2 Å². The number of fused-ring (bicyclic) bond motifs is 1. The van der Waals surface area contributed by atoms with Gasteiger partial charge in [-0.05, 0) is 43.3 Å². The minimum Gasteiger partial charge on any atom is -0.368 e. The van der Waals surface area contributed by atoms with Crippen LogP contribution in [0.25, 0.3) is 10.9 Å². The maximum absolute atomic E-state index is 13.1. The van der Waals surface area contributed by atoms with Gasteiger partial charge < -0.3 is 14.4 Å². The summed E-state index contributed by atoms with van der Waals surface area (Å²) in [5.41, 5.74) is 1.79. The number of nitrogens with one attached hydrogen (secondary N) is 1. The fourth-order valence-electron chi connectivity index (χ4n) is 4.43. The quantitative estimate of drug-likeness (QED) is 0.385. The SMILES string of the molecule is C[C@H]1CN(c2ccc(S(=O)(=O)Nc3nccs3)cc2)CCN1C(=O)Cn1ccc2cccc(Cl)c21.[HH].[HH]. The van der Waals surface area contributed by atoms with Gasteiger partial charge in [-0.15, -0.1) is 11.3 Å². The summed E-state index contributed by atoms with van der Waals surface area (Å²) in [6, 6.07) is 14.5. The summed E-state index contributed by atoms with van der Waals surface area (Å²) in [5.74, 6) is 0.0456. The number of carbonyl (C=O) groups is 1. The number of carbonyl (C=O) groups excluding carboxylic acids is 1. The number of sulfonamides is 1. The molecule has 1 aliphatic heterocycles. The van der Waals surface area contributed by atoms with Gasteiger partial charge in [0.25, 0.3) is 10.0 Å². The van der Waals surface area contributed by atoms with Gasteiger partial charge >= 0.3 is 0 Å². The molecule has 0 unspecified atom stereocenters. The van der Waals surface area contributed by atoms with Crippen molar-refractivity contribution in [2.75, 3.05) is 29.3 Å². The van der Waals surface area contributed by atoms with Gasteiger partial charge in [-0.25, -0.2) is 13.4 Å². The Kier molecular flexibility index (Phi) is 6.43. The summed E-state index contributed by atoms with van der Waals surface area (Å²) in [6.07, 6.45) is 3.45. The molecule has 4 aromatic rings. The zero-order valence-corrected chi connectivity index (χ0v) is 21.4. The monoisotopic (exact) mass is 533 g/mol. The summed E-state index contributed by atoms with van der Waals surface area (Å²) in [7, 11) is -3.69. The van der Waals surface area contributed by atoms with Crippen molar-refractivity contribution in [3.63, 3.8) is 0 Å². The molecule has 0 radical (unpaired) electrons. The van der Waals surface area contributed by atoms with Gasteiger partial charge in [0.15, 0.2) is 5.13 Å². The molecule has 1 atom stereocenters. The highest BCUT2D eigenvalue weighted by atomic mass is 35.5. The minimum absolute atomic E-state index is 0. The molecule has 0 saturated carbocycles. The number of thiazole rings is 1. The van der Waals surface area contributed by atoms with E-state index in [4.69, 9.17) is 11.6 Å². The van der Waals surface area contributed by atoms with Crippen molar-refractivity contribution < 1.29 is 16.1 Å². The van der Waals surface area contributed by atoms with Crippen LogP contribution in [0.3, 0.4) is 0 Å². The number of benzene rings is 2. The van der Waals surface area contributed by atoms with E-state index in [-0.39, 0.29) is 26.2 Å². The van der Waals surface area contributed by atoms with Crippen LogP contribution in [0.1, 0.15) is 9.78 Å². The number of halogens is 1. The Hall–Kier alpha value is -3.08. The molecule has 2 aromatic carbocycles. The second kappa shape index (κ2) is 9.52. The molecule has 2 aromatic heterocycles. The second-order valence-electron chi connectivity index (χ2n) is 8.44. The van der Waals surface area contributed by atoms with E-state index in [0.29, 0.717) is 29.8 Å². The van der Waals surface area contributed by atoms with Crippen LogP contribution in [0.2, 0.25) is 5.02 Å². The third kappa shape index (κ3) is 4.86. The lowest BCUT2D eigenvalue weighted by atomic mass is 10.1. The molecule has 1 aliphatic rings. The Bertz CT molecular complexity index is 1460. The van der Waals surface area contributed by atoms with E-state index in [1.807, 2.05) is 46.9 Å². The largest absolute Gasteiger partial charge is 0.368 e. The molecule has 1 amide bonds. The Labute approximate surface area is 215 Å². The number of nitrogens with zero attached hydrogens (tertiary/aromatic N) is 4. The van der Waals surface area contributed by atoms with Gasteiger partial charge in [-0.3, -0.25) is 9.52 Å². The standard InChI is InChI=1S/C24H24ClN5O3S2.2H2/c1-17-15-28(19-5-7-20(8-6-19)35(32,33)27-24-26-10-14-34-24)12-13-30(17)22(31)16-29-11-9-18-3-2-4-21(25)23(18)29;;/h2-11,14,17H,12-13,15-16H2,1H3,(H,26,27);2*1H/t17-;;/m0../s1. The Balaban J connectivity index is 0.00000190. The zero-order chi connectivity index (χ0) is 24.6. The van der Waals surface area contributed by atoms with Crippen molar-refractivity contribution in [2.24, 2.45) is 0 Å². The number of rotatable bonds is 6. The molecule has 11 heteroatoms. The number of hydrogen-bond donors (Lipinski definition) is 1. The molecule has 35 heavy (non-hydrogen) atoms. The molecule has 186 valence electrons. The number of hydrogen-bond acceptors (Lipinski definition) is 6. The Morgan fingerprint density at radius 3 is 2.71 bits per heavy atom. The van der Waals surface area contributed by atoms with Crippen molar-refractivity contribution in [2.45, 2.75) is 24.4 Å². The highest BCUT2D eigenvalue weighted by Crippen LogP contribution is 2.26. The molecule has 1 saturated heterocycles. The van der Waals surface area contributed by atoms with E-state index in [1.54, 1.807) is 35.8 Å². The topological polar surface area (TPSA) is 87.5 Å². The second-order valence-corrected chi connectivity index (χ2v) is 11.4. The first-order chi connectivity index (χ1) is 16.8. The summed E-state index contributed by atoms with van der Waals surface area (Å²) >= 11 is 7.59. The zero-order valence-electron chi connectivity index (χ0n) is 19.0. The number of para-hydroxylation sites is 1. The molecule has 0 bridgehead atoms. The average Bonchev–Trinajstić information content (AvgIpc) is 3.49. The molecule has 8 nitrogen and oxygen atoms in total. The summed E-state index contributed by atoms with van der Waals surface area (Å²) < 4.78 is 29.5. The summed E-state index contributed by atoms with van der Waals surface area (Å²) in [6.45, 7) is 4.16. The first-order valence-corrected chi connectivity index (χ1v) is 13.9. The van der Waals surface area contributed by atoms with E-state index in [1.165, 1.54) is 11.3 Å². The predicted molar refractivity (Wildman–Crippen MR) is 144 cm³/mol. The fourth-order valence-corrected chi connectivity index (χ4v) is 6.51. The Morgan fingerprint density at radius 1 is 1.20 bits per heavy atom. The van der Waals surface area contributed by atoms with Crippen molar-refractivity contribution in [3.8, 4) is 0 Å². The molecular formula is C24H28ClN5O3S2. The van der Waals surface area contributed by atoms with E-state index >= 15 is 0 Å². The molecular weight excluding hydrogens is 506 g/mol. The van der Waals surface area contributed by atoms with Crippen LogP contribution in [0, 0.1) is 0 Å². The van der Waals surface area contributed by atoms with Crippen molar-refractivity contribution in [1.29, 1.82) is 0 Å². The van der Waals surface area contributed by atoms with Crippen molar-refractivity contribution in [1.82, 2.24) is 14.5 Å². The lowest BCUT2D eigenvalue weighted by Crippen LogP contribution is -2.54. The van der Waals surface area contributed by atoms with Gasteiger partial charge in [0.1, 0.15) is 6.54 Å². The normalized spacial score (nSPS) is 16.6. The van der Waals surface area contributed by atoms with E-state index < -0.39 is 10.0 Å². The number of anilines is 2. The molecule has 0 spiro atoms. The lowest BCUT2D eigenvalue weighted by Gasteiger charge is -2.41. The van der Waals surface area contributed by atoms with Crippen LogP contribution < -0.4 is 9.62 Å². The third-order valence-corrected chi connectivity index (χ3v) is 8.64. The molecule has 1 fully saturated rings. The molecule has 0 aliphatic carbocycles. The highest BCUT2D eigenvalue weighted by Gasteiger charge is 2.28. The van der Waals surface area contributed by atoms with Crippen LogP contribution in [0.5, 0.6) is 0 Å². The molecule has 3 heterocycles. The van der Waals surface area contributed by atoms with Crippen LogP contribution in [-0.4, -0.2) is 54.5 Å². The average molecular weight is 534 g/mol. The first-order valence-electron chi connectivity index (χ1n) is 11.1. The lowest BCUT2D eigenvalue weighted by molar-refractivity contribution is -0.134. The fraction of sp³-hybridized carbons (Fsp3) is 0.250. The summed E-state index contributed by atoms with van der Waals surface area (Å²) in [4.78, 5) is 21.3. The maximum atomic E-state index is 13.1. The number of piperazine rings is 1. The maximum Gasteiger partial charge on any atom is 0.263 e. The predicted octanol–water partition coefficient (Wildman–Crippen LogP) is 4.78. The van der Waals surface area contributed by atoms with Gasteiger partial charge in [0, 0.05) is 57.4 Å². The smallest absolute Gasteiger partial charge is 0.263 e. The number of aromatic nitrogens is 2. The van der Waals surface area contributed by atoms with Crippen LogP contribution in [0.15, 0.2) is 71.2 Å². The Morgan fingerprint density at radius 2 is 2.00 bits per heavy atom. The number of amides is 1. The van der Waals surface area contributed by atoms with Crippen LogP contribution in [0.4, 0.5) is 10.8 Å². The third-order valence-electron chi connectivity index (χ3n) is 6.16. The summed E-state index contributed by atoms with van der Waals surface area (Å²) in [5, 5.41) is 3.68. The van der Waals surface area contributed by atoms with Crippen molar-refractivity contribution >= 4 is 60.6 Å². The first kappa shape index (κ1) is 23.7. The van der Waals surface area contributed by atoms with E-state index in [2.05, 4.69) is 14.6 Å². The molecule has 5 rings (SSSR count). The van der Waals surface area contributed by atoms with Gasteiger partial charge in [-0.1, -0.05) is 23.7 Å². The van der Waals surface area contributed by atoms with Crippen molar-refractivity contribution in [3.05, 3.63) is 71.3 Å². The minimum atomic E-state index is -3.69. The van der Waals surface area contributed by atoms with Crippen LogP contribution >= 0.6 is 22.9 Å². The van der Waals surface area contributed by atoms with Crippen LogP contribution in [-0.2, 0) is 21.4 Å². The highest BCUT2D eigenvalue weighted by molar-refractivity contribution is 7.93.